The van der Waals surface area contributed by atoms with Crippen LogP contribution >= 0.6 is 0 Å². The minimum Gasteiger partial charge on any atom is -0.508 e. The lowest BCUT2D eigenvalue weighted by Gasteiger charge is -2.28. The number of aryl methyl sites for hydroxylation is 1. The predicted molar refractivity (Wildman–Crippen MR) is 141 cm³/mol. The first-order valence-electron chi connectivity index (χ1n) is 13.1. The van der Waals surface area contributed by atoms with E-state index in [1.807, 2.05) is 19.9 Å². The average Bonchev–Trinajstić information content (AvgIpc) is 3.57. The van der Waals surface area contributed by atoms with Crippen LogP contribution in [0.2, 0.25) is 0 Å². The molecule has 0 atom stereocenters. The highest BCUT2D eigenvalue weighted by Crippen LogP contribution is 2.38. The number of hydrogen-bond donors (Lipinski definition) is 2. The fourth-order valence-electron chi connectivity index (χ4n) is 4.69. The van der Waals surface area contributed by atoms with Crippen molar-refractivity contribution in [2.75, 3.05) is 26.8 Å². The average molecular weight is 526 g/mol. The van der Waals surface area contributed by atoms with Gasteiger partial charge in [-0.3, -0.25) is 4.90 Å². The van der Waals surface area contributed by atoms with Gasteiger partial charge >= 0.3 is 6.18 Å². The molecule has 1 aliphatic carbocycles. The minimum absolute atomic E-state index is 0.278. The molecule has 0 saturated carbocycles. The maximum absolute atomic E-state index is 13.3. The van der Waals surface area contributed by atoms with Crippen LogP contribution in [0, 0.1) is 0 Å². The van der Waals surface area contributed by atoms with Crippen LogP contribution in [0.1, 0.15) is 74.3 Å². The highest BCUT2D eigenvalue weighted by Gasteiger charge is 2.36. The molecule has 2 N–H and O–H groups in total. The monoisotopic (exact) mass is 525 g/mol. The lowest BCUT2D eigenvalue weighted by molar-refractivity contribution is -0.138. The number of halogens is 3. The number of aromatic hydroxyl groups is 1. The molecule has 2 aliphatic heterocycles. The lowest BCUT2D eigenvalue weighted by atomic mass is 9.96. The van der Waals surface area contributed by atoms with Gasteiger partial charge in [-0.1, -0.05) is 32.4 Å². The minimum atomic E-state index is -4.23. The molecule has 0 bridgehead atoms. The van der Waals surface area contributed by atoms with Crippen molar-refractivity contribution >= 4 is 6.29 Å². The standard InChI is InChI=1S/C16H20F3N.C8H8O2.C2H4O.C2H6.CH4O/c17-16(18,19)15-8-7-12-5-4-6-13(12)14(15)11-20-9-2-1-3-10-20;9-7-2-1-6-3-4-10-8(6)5-7;1-2-3;2*1-2/h7-8H,1-6,9-11H2;1-2,5,9H,3-4H2;2H,1H3;1-2H3;2H,1H3. The summed E-state index contributed by atoms with van der Waals surface area (Å²) in [6.45, 7) is 8.53. The van der Waals surface area contributed by atoms with Crippen LogP contribution in [0.5, 0.6) is 11.5 Å². The number of carbonyl (C=O) groups excluding carboxylic acids is 1. The number of ether oxygens (including phenoxy) is 1. The SMILES string of the molecule is CC.CC=O.CO.FC(F)(F)c1ccc2c(c1CN1CCCCC1)CCC2.Oc1ccc2c(c1)OCC2. The predicted octanol–water partition coefficient (Wildman–Crippen LogP) is 6.35. The van der Waals surface area contributed by atoms with Crippen molar-refractivity contribution in [3.05, 3.63) is 58.1 Å². The van der Waals surface area contributed by atoms with Crippen LogP contribution in [0.3, 0.4) is 0 Å². The molecular weight excluding hydrogens is 483 g/mol. The summed E-state index contributed by atoms with van der Waals surface area (Å²) in [5, 5.41) is 16.0. The molecule has 0 unspecified atom stereocenters. The summed E-state index contributed by atoms with van der Waals surface area (Å²) >= 11 is 0. The Morgan fingerprint density at radius 1 is 0.946 bits per heavy atom. The molecule has 0 spiro atoms. The first-order chi connectivity index (χ1) is 17.8. The first-order valence-corrected chi connectivity index (χ1v) is 13.1. The molecule has 2 heterocycles. The second kappa shape index (κ2) is 17.0. The van der Waals surface area contributed by atoms with Crippen LogP contribution in [0.15, 0.2) is 30.3 Å². The van der Waals surface area contributed by atoms with Crippen molar-refractivity contribution in [3.63, 3.8) is 0 Å². The van der Waals surface area contributed by atoms with E-state index < -0.39 is 11.7 Å². The van der Waals surface area contributed by atoms with E-state index in [2.05, 4.69) is 4.90 Å². The largest absolute Gasteiger partial charge is 0.508 e. The lowest BCUT2D eigenvalue weighted by Crippen LogP contribution is -2.30. The van der Waals surface area contributed by atoms with Gasteiger partial charge in [-0.25, -0.2) is 0 Å². The van der Waals surface area contributed by atoms with E-state index >= 15 is 0 Å². The van der Waals surface area contributed by atoms with Gasteiger partial charge in [0.25, 0.3) is 0 Å². The Balaban J connectivity index is 0.000000336. The number of aliphatic hydroxyl groups excluding tert-OH is 1. The van der Waals surface area contributed by atoms with Crippen LogP contribution in [-0.4, -0.2) is 48.2 Å². The van der Waals surface area contributed by atoms with E-state index in [0.717, 1.165) is 88.5 Å². The molecule has 2 aromatic rings. The van der Waals surface area contributed by atoms with Gasteiger partial charge < -0.3 is 19.7 Å². The molecule has 1 fully saturated rings. The number of alkyl halides is 3. The molecule has 2 aromatic carbocycles. The number of nitrogens with zero attached hydrogens (tertiary/aromatic N) is 1. The second-order valence-corrected chi connectivity index (χ2v) is 8.54. The summed E-state index contributed by atoms with van der Waals surface area (Å²) in [6.07, 6.45) is 3.63. The number of rotatable bonds is 2. The Morgan fingerprint density at radius 3 is 2.19 bits per heavy atom. The third kappa shape index (κ3) is 10.0. The van der Waals surface area contributed by atoms with Gasteiger partial charge in [0.05, 0.1) is 12.2 Å². The van der Waals surface area contributed by atoms with E-state index in [9.17, 15) is 13.2 Å². The van der Waals surface area contributed by atoms with Crippen LogP contribution in [0.4, 0.5) is 13.2 Å². The third-order valence-corrected chi connectivity index (χ3v) is 6.22. The van der Waals surface area contributed by atoms with Gasteiger partial charge in [0.2, 0.25) is 0 Å². The van der Waals surface area contributed by atoms with Crippen molar-refractivity contribution in [1.82, 2.24) is 4.90 Å². The molecule has 37 heavy (non-hydrogen) atoms. The first kappa shape index (κ1) is 32.4. The number of likely N-dealkylation sites (tertiary alicyclic amines) is 1. The van der Waals surface area contributed by atoms with Crippen LogP contribution in [0.25, 0.3) is 0 Å². The number of hydrogen-bond acceptors (Lipinski definition) is 5. The zero-order valence-electron chi connectivity index (χ0n) is 22.5. The van der Waals surface area contributed by atoms with Crippen LogP contribution < -0.4 is 4.74 Å². The topological polar surface area (TPSA) is 70.0 Å². The molecule has 3 aliphatic rings. The zero-order valence-corrected chi connectivity index (χ0v) is 22.5. The number of phenolic OH excluding ortho intramolecular Hbond substituents is 1. The van der Waals surface area contributed by atoms with Crippen LogP contribution in [-0.2, 0) is 36.8 Å². The quantitative estimate of drug-likeness (QED) is 0.448. The molecule has 8 heteroatoms. The van der Waals surface area contributed by atoms with Gasteiger partial charge in [-0.05, 0) is 86.5 Å². The van der Waals surface area contributed by atoms with Gasteiger partial charge in [-0.2, -0.15) is 13.2 Å². The van der Waals surface area contributed by atoms with Crippen molar-refractivity contribution in [2.24, 2.45) is 0 Å². The van der Waals surface area contributed by atoms with Gasteiger partial charge in [0.15, 0.2) is 0 Å². The number of phenols is 1. The third-order valence-electron chi connectivity index (χ3n) is 6.22. The number of benzene rings is 2. The molecule has 208 valence electrons. The fourth-order valence-corrected chi connectivity index (χ4v) is 4.69. The molecule has 0 radical (unpaired) electrons. The molecule has 5 rings (SSSR count). The number of piperidine rings is 1. The number of aliphatic hydroxyl groups is 1. The number of aldehydes is 1. The van der Waals surface area contributed by atoms with Crippen molar-refractivity contribution in [1.29, 1.82) is 0 Å². The Morgan fingerprint density at radius 2 is 1.57 bits per heavy atom. The Bertz CT molecular complexity index is 941. The Labute approximate surface area is 219 Å². The maximum Gasteiger partial charge on any atom is 0.416 e. The summed E-state index contributed by atoms with van der Waals surface area (Å²) in [7, 11) is 1.00. The molecule has 0 amide bonds. The maximum atomic E-state index is 13.3. The highest BCUT2D eigenvalue weighted by atomic mass is 19.4. The van der Waals surface area contributed by atoms with E-state index in [0.29, 0.717) is 12.1 Å². The molecule has 1 saturated heterocycles. The fraction of sp³-hybridized carbons (Fsp3) is 0.552. The molecule has 0 aromatic heterocycles. The smallest absolute Gasteiger partial charge is 0.416 e. The molecule has 5 nitrogen and oxygen atoms in total. The number of carbonyl (C=O) groups is 1. The second-order valence-electron chi connectivity index (χ2n) is 8.54. The van der Waals surface area contributed by atoms with Gasteiger partial charge in [0.1, 0.15) is 17.8 Å². The Hall–Kier alpha value is -2.58. The normalized spacial score (nSPS) is 15.5. The highest BCUT2D eigenvalue weighted by molar-refractivity contribution is 5.45. The summed E-state index contributed by atoms with van der Waals surface area (Å²) < 4.78 is 45.0. The van der Waals surface area contributed by atoms with E-state index in [1.54, 1.807) is 18.2 Å². The van der Waals surface area contributed by atoms with Crippen molar-refractivity contribution in [2.45, 2.75) is 78.4 Å². The van der Waals surface area contributed by atoms with Gasteiger partial charge in [0, 0.05) is 26.1 Å². The summed E-state index contributed by atoms with van der Waals surface area (Å²) in [6, 6.07) is 8.22. The van der Waals surface area contributed by atoms with Gasteiger partial charge in [-0.15, -0.1) is 0 Å². The summed E-state index contributed by atoms with van der Waals surface area (Å²) in [4.78, 5) is 11.0. The molecular formula is C29H42F3NO4. The summed E-state index contributed by atoms with van der Waals surface area (Å²) in [5.41, 5.74) is 3.44. The van der Waals surface area contributed by atoms with Crippen molar-refractivity contribution in [3.8, 4) is 11.5 Å². The van der Waals surface area contributed by atoms with E-state index in [4.69, 9.17) is 19.7 Å². The van der Waals surface area contributed by atoms with Crippen molar-refractivity contribution < 1.29 is 32.9 Å². The Kier molecular flexibility index (Phi) is 14.9. The van der Waals surface area contributed by atoms with E-state index in [1.165, 1.54) is 25.0 Å². The zero-order chi connectivity index (χ0) is 27.8. The van der Waals surface area contributed by atoms with E-state index in [-0.39, 0.29) is 5.75 Å². The number of fused-ring (bicyclic) bond motifs is 2. The summed E-state index contributed by atoms with van der Waals surface area (Å²) in [5.74, 6) is 1.11.